The fraction of sp³-hybridized carbons (Fsp3) is 0.733. The molecule has 2 saturated heterocycles. The van der Waals surface area contributed by atoms with Crippen LogP contribution in [0.4, 0.5) is 11.6 Å². The summed E-state index contributed by atoms with van der Waals surface area (Å²) in [6, 6.07) is 1.56. The molecule has 8 nitrogen and oxygen atoms in total. The molecule has 140 valence electrons. The summed E-state index contributed by atoms with van der Waals surface area (Å²) in [6.07, 6.45) is 1.17. The van der Waals surface area contributed by atoms with Crippen LogP contribution in [0.25, 0.3) is 0 Å². The van der Waals surface area contributed by atoms with Crippen molar-refractivity contribution in [2.75, 3.05) is 39.8 Å². The second-order valence-corrected chi connectivity index (χ2v) is 11.2. The van der Waals surface area contributed by atoms with Gasteiger partial charge in [0.1, 0.15) is 17.5 Å². The maximum atomic E-state index is 11.8. The first-order valence-corrected chi connectivity index (χ1v) is 12.1. The van der Waals surface area contributed by atoms with E-state index in [-0.39, 0.29) is 35.1 Å². The molecule has 0 aromatic carbocycles. The molecule has 0 bridgehead atoms. The van der Waals surface area contributed by atoms with Crippen molar-refractivity contribution in [1.29, 1.82) is 0 Å². The molecule has 2 aliphatic rings. The first-order chi connectivity index (χ1) is 11.7. The van der Waals surface area contributed by atoms with Crippen LogP contribution in [0.1, 0.15) is 25.6 Å². The number of nitrogens with zero attached hydrogens (tertiary/aromatic N) is 3. The van der Waals surface area contributed by atoms with Gasteiger partial charge in [-0.25, -0.2) is 26.8 Å². The van der Waals surface area contributed by atoms with E-state index in [4.69, 9.17) is 0 Å². The monoisotopic (exact) mass is 388 g/mol. The van der Waals surface area contributed by atoms with Gasteiger partial charge in [-0.3, -0.25) is 0 Å². The Balaban J connectivity index is 1.80. The summed E-state index contributed by atoms with van der Waals surface area (Å²) in [5.41, 5.74) is 0. The quantitative estimate of drug-likeness (QED) is 0.772. The van der Waals surface area contributed by atoms with Crippen LogP contribution in [0.5, 0.6) is 0 Å². The van der Waals surface area contributed by atoms with Gasteiger partial charge in [0.05, 0.1) is 23.0 Å². The lowest BCUT2D eigenvalue weighted by Gasteiger charge is -2.28. The summed E-state index contributed by atoms with van der Waals surface area (Å²) in [7, 11) is -5.94. The van der Waals surface area contributed by atoms with E-state index in [1.165, 1.54) is 0 Å². The zero-order valence-corrected chi connectivity index (χ0v) is 16.1. The van der Waals surface area contributed by atoms with Gasteiger partial charge in [0, 0.05) is 24.7 Å². The summed E-state index contributed by atoms with van der Waals surface area (Å²) in [5, 5.41) is 3.19. The number of hydrogen-bond acceptors (Lipinski definition) is 8. The van der Waals surface area contributed by atoms with Crippen molar-refractivity contribution in [2.24, 2.45) is 0 Å². The molecule has 3 rings (SSSR count). The minimum Gasteiger partial charge on any atom is -0.366 e. The number of sulfone groups is 2. The third kappa shape index (κ3) is 4.41. The second-order valence-electron chi connectivity index (χ2n) is 6.75. The van der Waals surface area contributed by atoms with Gasteiger partial charge in [-0.2, -0.15) is 0 Å². The summed E-state index contributed by atoms with van der Waals surface area (Å²) in [5.74, 6) is 2.51. The number of anilines is 2. The van der Waals surface area contributed by atoms with E-state index in [0.29, 0.717) is 36.8 Å². The van der Waals surface area contributed by atoms with E-state index in [1.807, 2.05) is 11.8 Å². The highest BCUT2D eigenvalue weighted by Crippen LogP contribution is 2.25. The third-order valence-corrected chi connectivity index (χ3v) is 8.21. The highest BCUT2D eigenvalue weighted by atomic mass is 32.2. The van der Waals surface area contributed by atoms with E-state index in [0.717, 1.165) is 0 Å². The van der Waals surface area contributed by atoms with Crippen LogP contribution in [-0.2, 0) is 19.7 Å². The number of rotatable bonds is 5. The van der Waals surface area contributed by atoms with Crippen molar-refractivity contribution in [1.82, 2.24) is 9.97 Å². The average molecular weight is 389 g/mol. The lowest BCUT2D eigenvalue weighted by molar-refractivity contribution is 0.598. The maximum Gasteiger partial charge on any atom is 0.152 e. The first kappa shape index (κ1) is 18.4. The Morgan fingerprint density at radius 3 is 2.36 bits per heavy atom. The number of hydrogen-bond donors (Lipinski definition) is 1. The SMILES string of the molecule is CCN(c1cc(NC2CCS(=O)(=O)C2)nc(C)n1)C1CCS(=O)(=O)C1. The molecule has 1 N–H and O–H groups in total. The minimum atomic E-state index is -2.98. The van der Waals surface area contributed by atoms with Gasteiger partial charge in [-0.1, -0.05) is 0 Å². The van der Waals surface area contributed by atoms with E-state index in [9.17, 15) is 16.8 Å². The Bertz CT molecular complexity index is 854. The first-order valence-electron chi connectivity index (χ1n) is 8.47. The van der Waals surface area contributed by atoms with Crippen molar-refractivity contribution >= 4 is 31.3 Å². The largest absolute Gasteiger partial charge is 0.366 e. The zero-order chi connectivity index (χ0) is 18.2. The van der Waals surface area contributed by atoms with Crippen LogP contribution in [0.2, 0.25) is 0 Å². The van der Waals surface area contributed by atoms with Gasteiger partial charge in [-0.05, 0) is 26.7 Å². The highest BCUT2D eigenvalue weighted by Gasteiger charge is 2.33. The van der Waals surface area contributed by atoms with Crippen LogP contribution < -0.4 is 10.2 Å². The highest BCUT2D eigenvalue weighted by molar-refractivity contribution is 7.91. The summed E-state index contributed by atoms with van der Waals surface area (Å²) in [4.78, 5) is 10.8. The van der Waals surface area contributed by atoms with Crippen LogP contribution in [0.15, 0.2) is 6.07 Å². The van der Waals surface area contributed by atoms with Crippen molar-refractivity contribution in [3.63, 3.8) is 0 Å². The van der Waals surface area contributed by atoms with Crippen molar-refractivity contribution in [2.45, 2.75) is 38.8 Å². The lowest BCUT2D eigenvalue weighted by atomic mass is 10.2. The van der Waals surface area contributed by atoms with Crippen molar-refractivity contribution in [3.8, 4) is 0 Å². The van der Waals surface area contributed by atoms with Crippen molar-refractivity contribution in [3.05, 3.63) is 11.9 Å². The van der Waals surface area contributed by atoms with Crippen LogP contribution >= 0.6 is 0 Å². The number of aromatic nitrogens is 2. The lowest BCUT2D eigenvalue weighted by Crippen LogP contribution is -2.37. The smallest absolute Gasteiger partial charge is 0.152 e. The standard InChI is InChI=1S/C15H24N4O4S2/c1-3-19(13-5-7-25(22,23)10-13)15-8-14(16-11(2)17-15)18-12-4-6-24(20,21)9-12/h8,12-13H,3-7,9-10H2,1-2H3,(H,16,17,18). The molecule has 0 amide bonds. The van der Waals surface area contributed by atoms with Gasteiger partial charge >= 0.3 is 0 Å². The number of nitrogens with one attached hydrogen (secondary N) is 1. The normalized spacial score (nSPS) is 27.3. The Kier molecular flexibility index (Phi) is 4.93. The van der Waals surface area contributed by atoms with Gasteiger partial charge in [0.2, 0.25) is 0 Å². The molecule has 2 atom stereocenters. The van der Waals surface area contributed by atoms with Gasteiger partial charge < -0.3 is 10.2 Å². The fourth-order valence-electron chi connectivity index (χ4n) is 3.52. The summed E-state index contributed by atoms with van der Waals surface area (Å²) in [6.45, 7) is 4.40. The van der Waals surface area contributed by atoms with Gasteiger partial charge in [0.25, 0.3) is 0 Å². The van der Waals surface area contributed by atoms with Gasteiger partial charge in [-0.15, -0.1) is 0 Å². The summed E-state index contributed by atoms with van der Waals surface area (Å²) >= 11 is 0. The molecule has 2 aliphatic heterocycles. The molecule has 2 unspecified atom stereocenters. The van der Waals surface area contributed by atoms with Crippen molar-refractivity contribution < 1.29 is 16.8 Å². The van der Waals surface area contributed by atoms with E-state index in [2.05, 4.69) is 15.3 Å². The minimum absolute atomic E-state index is 0.0796. The topological polar surface area (TPSA) is 109 Å². The fourth-order valence-corrected chi connectivity index (χ4v) is 6.92. The van der Waals surface area contributed by atoms with Crippen LogP contribution in [0.3, 0.4) is 0 Å². The predicted molar refractivity (Wildman–Crippen MR) is 97.5 cm³/mol. The average Bonchev–Trinajstić information content (AvgIpc) is 3.01. The molecule has 25 heavy (non-hydrogen) atoms. The molecule has 0 aliphatic carbocycles. The van der Waals surface area contributed by atoms with E-state index in [1.54, 1.807) is 13.0 Å². The Hall–Kier alpha value is -1.42. The third-order valence-electron chi connectivity index (χ3n) is 4.69. The Morgan fingerprint density at radius 2 is 1.80 bits per heavy atom. The Morgan fingerprint density at radius 1 is 1.12 bits per heavy atom. The molecule has 2 fully saturated rings. The van der Waals surface area contributed by atoms with Crippen LogP contribution in [0, 0.1) is 6.92 Å². The van der Waals surface area contributed by atoms with E-state index < -0.39 is 19.7 Å². The molecule has 0 spiro atoms. The summed E-state index contributed by atoms with van der Waals surface area (Å²) < 4.78 is 46.8. The molecular formula is C15H24N4O4S2. The molecule has 3 heterocycles. The molecule has 0 saturated carbocycles. The molecule has 1 aromatic rings. The Labute approximate surface area is 148 Å². The van der Waals surface area contributed by atoms with Crippen LogP contribution in [-0.4, -0.2) is 68.4 Å². The van der Waals surface area contributed by atoms with E-state index >= 15 is 0 Å². The molecule has 10 heteroatoms. The molecule has 1 aromatic heterocycles. The molecule has 0 radical (unpaired) electrons. The second kappa shape index (κ2) is 6.71. The zero-order valence-electron chi connectivity index (χ0n) is 14.5. The predicted octanol–water partition coefficient (Wildman–Crippen LogP) is 0.397. The van der Waals surface area contributed by atoms with Gasteiger partial charge in [0.15, 0.2) is 19.7 Å². The maximum absolute atomic E-state index is 11.8. The number of aryl methyl sites for hydroxylation is 1. The molecular weight excluding hydrogens is 364 g/mol.